The van der Waals surface area contributed by atoms with Crippen molar-refractivity contribution in [2.75, 3.05) is 6.54 Å². The second-order valence-electron chi connectivity index (χ2n) is 5.71. The van der Waals surface area contributed by atoms with Crippen molar-refractivity contribution in [1.82, 2.24) is 5.32 Å². The van der Waals surface area contributed by atoms with Crippen molar-refractivity contribution >= 4 is 6.09 Å². The first-order valence-corrected chi connectivity index (χ1v) is 6.81. The molecule has 0 saturated carbocycles. The zero-order chi connectivity index (χ0) is 17.7. The van der Waals surface area contributed by atoms with Gasteiger partial charge in [0.15, 0.2) is 0 Å². The molecule has 1 aromatic carbocycles. The van der Waals surface area contributed by atoms with Crippen LogP contribution in [-0.2, 0) is 10.9 Å². The van der Waals surface area contributed by atoms with Gasteiger partial charge < -0.3 is 10.1 Å². The normalized spacial score (nSPS) is 11.4. The van der Waals surface area contributed by atoms with E-state index in [0.29, 0.717) is 6.07 Å². The summed E-state index contributed by atoms with van der Waals surface area (Å²) in [4.78, 5) is 11.3. The van der Waals surface area contributed by atoms with E-state index in [1.54, 1.807) is 20.8 Å². The third-order valence-electron chi connectivity index (χ3n) is 2.38. The van der Waals surface area contributed by atoms with Crippen LogP contribution in [0.5, 0.6) is 0 Å². The molecule has 1 N–H and O–H groups in total. The SMILES string of the molecule is CC(C)(C)OC(=O)NCCC#Cc1cc(F)cc(C(F)(F)F)c1. The molecule has 0 fully saturated rings. The molecular weight excluding hydrogens is 314 g/mol. The van der Waals surface area contributed by atoms with Gasteiger partial charge in [-0.1, -0.05) is 11.8 Å². The molecule has 0 aliphatic heterocycles. The van der Waals surface area contributed by atoms with Crippen LogP contribution < -0.4 is 5.32 Å². The maximum atomic E-state index is 13.2. The molecule has 0 aliphatic carbocycles. The van der Waals surface area contributed by atoms with Crippen molar-refractivity contribution in [1.29, 1.82) is 0 Å². The van der Waals surface area contributed by atoms with Gasteiger partial charge in [-0.05, 0) is 39.0 Å². The Hall–Kier alpha value is -2.23. The molecule has 0 saturated heterocycles. The molecule has 0 unspecified atom stereocenters. The Bertz CT molecular complexity index is 622. The molecule has 1 amide bonds. The largest absolute Gasteiger partial charge is 0.444 e. The molecule has 0 aromatic heterocycles. The van der Waals surface area contributed by atoms with Crippen LogP contribution in [0.15, 0.2) is 18.2 Å². The summed E-state index contributed by atoms with van der Waals surface area (Å²) in [7, 11) is 0. The molecular formula is C16H17F4NO2. The Kier molecular flexibility index (Phi) is 6.02. The molecule has 0 spiro atoms. The van der Waals surface area contributed by atoms with Gasteiger partial charge in [-0.15, -0.1) is 0 Å². The Morgan fingerprint density at radius 1 is 1.22 bits per heavy atom. The Labute approximate surface area is 132 Å². The molecule has 0 aliphatic rings. The quantitative estimate of drug-likeness (QED) is 0.503. The van der Waals surface area contributed by atoms with Crippen molar-refractivity contribution in [3.05, 3.63) is 35.1 Å². The van der Waals surface area contributed by atoms with Crippen LogP contribution >= 0.6 is 0 Å². The van der Waals surface area contributed by atoms with Crippen molar-refractivity contribution < 1.29 is 27.1 Å². The first kappa shape index (κ1) is 18.8. The monoisotopic (exact) mass is 331 g/mol. The Balaban J connectivity index is 2.58. The van der Waals surface area contributed by atoms with Gasteiger partial charge in [-0.25, -0.2) is 9.18 Å². The lowest BCUT2D eigenvalue weighted by atomic mass is 10.1. The molecule has 3 nitrogen and oxygen atoms in total. The van der Waals surface area contributed by atoms with E-state index in [9.17, 15) is 22.4 Å². The predicted molar refractivity (Wildman–Crippen MR) is 77.1 cm³/mol. The molecule has 0 heterocycles. The third kappa shape index (κ3) is 7.54. The van der Waals surface area contributed by atoms with Gasteiger partial charge in [0.2, 0.25) is 0 Å². The number of hydrogen-bond acceptors (Lipinski definition) is 2. The molecule has 1 aromatic rings. The van der Waals surface area contributed by atoms with Crippen molar-refractivity contribution in [3.63, 3.8) is 0 Å². The highest BCUT2D eigenvalue weighted by Crippen LogP contribution is 2.30. The zero-order valence-electron chi connectivity index (χ0n) is 13.0. The first-order chi connectivity index (χ1) is 10.5. The summed E-state index contributed by atoms with van der Waals surface area (Å²) >= 11 is 0. The van der Waals surface area contributed by atoms with Gasteiger partial charge in [0.1, 0.15) is 11.4 Å². The predicted octanol–water partition coefficient (Wildman–Crippen LogP) is 4.11. The summed E-state index contributed by atoms with van der Waals surface area (Å²) in [6.07, 6.45) is -5.04. The maximum Gasteiger partial charge on any atom is 0.416 e. The van der Waals surface area contributed by atoms with E-state index in [4.69, 9.17) is 4.74 Å². The van der Waals surface area contributed by atoms with Crippen LogP contribution in [0, 0.1) is 17.7 Å². The summed E-state index contributed by atoms with van der Waals surface area (Å²) in [5, 5.41) is 2.45. The number of alkyl carbamates (subject to hydrolysis) is 1. The van der Waals surface area contributed by atoms with E-state index < -0.39 is 29.3 Å². The van der Waals surface area contributed by atoms with Gasteiger partial charge in [0.05, 0.1) is 5.56 Å². The minimum absolute atomic E-state index is 0.0745. The summed E-state index contributed by atoms with van der Waals surface area (Å²) in [6, 6.07) is 2.11. The van der Waals surface area contributed by atoms with Gasteiger partial charge in [0, 0.05) is 18.5 Å². The average Bonchev–Trinajstić information content (AvgIpc) is 2.34. The minimum Gasteiger partial charge on any atom is -0.444 e. The van der Waals surface area contributed by atoms with Crippen molar-refractivity contribution in [2.24, 2.45) is 0 Å². The second kappa shape index (κ2) is 7.36. The highest BCUT2D eigenvalue weighted by Gasteiger charge is 2.31. The second-order valence-corrected chi connectivity index (χ2v) is 5.71. The van der Waals surface area contributed by atoms with E-state index in [0.717, 1.165) is 12.1 Å². The molecule has 126 valence electrons. The summed E-state index contributed by atoms with van der Waals surface area (Å²) in [6.45, 7) is 5.32. The topological polar surface area (TPSA) is 38.3 Å². The van der Waals surface area contributed by atoms with Crippen molar-refractivity contribution in [2.45, 2.75) is 39.0 Å². The molecule has 0 atom stereocenters. The molecule has 0 radical (unpaired) electrons. The smallest absolute Gasteiger partial charge is 0.416 e. The van der Waals surface area contributed by atoms with Crippen LogP contribution in [0.25, 0.3) is 0 Å². The van der Waals surface area contributed by atoms with E-state index in [2.05, 4.69) is 17.2 Å². The van der Waals surface area contributed by atoms with Gasteiger partial charge >= 0.3 is 12.3 Å². The number of rotatable bonds is 2. The number of carbonyl (C=O) groups is 1. The van der Waals surface area contributed by atoms with Crippen LogP contribution in [0.4, 0.5) is 22.4 Å². The molecule has 23 heavy (non-hydrogen) atoms. The minimum atomic E-state index is -4.63. The number of ether oxygens (including phenoxy) is 1. The van der Waals surface area contributed by atoms with Crippen LogP contribution in [0.2, 0.25) is 0 Å². The number of amides is 1. The summed E-state index contributed by atoms with van der Waals surface area (Å²) in [5.41, 5.74) is -1.78. The fraction of sp³-hybridized carbons (Fsp3) is 0.438. The number of alkyl halides is 3. The number of nitrogens with one attached hydrogen (secondary N) is 1. The van der Waals surface area contributed by atoms with E-state index in [-0.39, 0.29) is 18.5 Å². The Morgan fingerprint density at radius 3 is 2.43 bits per heavy atom. The maximum absolute atomic E-state index is 13.2. The molecule has 7 heteroatoms. The highest BCUT2D eigenvalue weighted by atomic mass is 19.4. The van der Waals surface area contributed by atoms with Crippen LogP contribution in [-0.4, -0.2) is 18.2 Å². The summed E-state index contributed by atoms with van der Waals surface area (Å²) < 4.78 is 55.8. The lowest BCUT2D eigenvalue weighted by Crippen LogP contribution is -2.32. The number of benzene rings is 1. The van der Waals surface area contributed by atoms with E-state index in [1.165, 1.54) is 0 Å². The molecule has 0 bridgehead atoms. The third-order valence-corrected chi connectivity index (χ3v) is 2.38. The summed E-state index contributed by atoms with van der Waals surface area (Å²) in [5.74, 6) is 4.01. The Morgan fingerprint density at radius 2 is 1.87 bits per heavy atom. The first-order valence-electron chi connectivity index (χ1n) is 6.81. The van der Waals surface area contributed by atoms with Gasteiger partial charge in [-0.3, -0.25) is 0 Å². The molecule has 1 rings (SSSR count). The lowest BCUT2D eigenvalue weighted by Gasteiger charge is -2.19. The van der Waals surface area contributed by atoms with Crippen LogP contribution in [0.3, 0.4) is 0 Å². The van der Waals surface area contributed by atoms with E-state index >= 15 is 0 Å². The van der Waals surface area contributed by atoms with Crippen LogP contribution in [0.1, 0.15) is 38.3 Å². The van der Waals surface area contributed by atoms with Gasteiger partial charge in [-0.2, -0.15) is 13.2 Å². The fourth-order valence-corrected chi connectivity index (χ4v) is 1.53. The average molecular weight is 331 g/mol. The number of carbonyl (C=O) groups excluding carboxylic acids is 1. The number of hydrogen-bond donors (Lipinski definition) is 1. The van der Waals surface area contributed by atoms with Crippen molar-refractivity contribution in [3.8, 4) is 11.8 Å². The standard InChI is InChI=1S/C16H17F4NO2/c1-15(2,3)23-14(22)21-7-5-4-6-11-8-12(16(18,19)20)10-13(17)9-11/h8-10H,5,7H2,1-3H3,(H,21,22). The lowest BCUT2D eigenvalue weighted by molar-refractivity contribution is -0.137. The highest BCUT2D eigenvalue weighted by molar-refractivity contribution is 5.67. The van der Waals surface area contributed by atoms with Gasteiger partial charge in [0.25, 0.3) is 0 Å². The number of halogens is 4. The van der Waals surface area contributed by atoms with E-state index in [1.807, 2.05) is 0 Å². The zero-order valence-corrected chi connectivity index (χ0v) is 13.0. The fourth-order valence-electron chi connectivity index (χ4n) is 1.53.